The average Bonchev–Trinajstić information content (AvgIpc) is 2.79. The molecule has 1 aromatic heterocycles. The fourth-order valence-electron chi connectivity index (χ4n) is 1.91. The zero-order valence-corrected chi connectivity index (χ0v) is 10.1. The fourth-order valence-corrected chi connectivity index (χ4v) is 1.91. The molecule has 0 spiro atoms. The molecule has 0 aliphatic carbocycles. The van der Waals surface area contributed by atoms with Gasteiger partial charge < -0.3 is 9.64 Å². The second kappa shape index (κ2) is 5.00. The van der Waals surface area contributed by atoms with E-state index in [1.54, 1.807) is 23.1 Å². The SMILES string of the molecule is C=CC1CC(=O)N(c2ccc(C(=O)OC)nc2)C1. The van der Waals surface area contributed by atoms with Crippen molar-refractivity contribution in [3.8, 4) is 0 Å². The lowest BCUT2D eigenvalue weighted by atomic mass is 10.1. The van der Waals surface area contributed by atoms with Crippen molar-refractivity contribution in [3.63, 3.8) is 0 Å². The van der Waals surface area contributed by atoms with Crippen molar-refractivity contribution in [1.29, 1.82) is 0 Å². The number of amides is 1. The zero-order valence-electron chi connectivity index (χ0n) is 10.1. The summed E-state index contributed by atoms with van der Waals surface area (Å²) >= 11 is 0. The lowest BCUT2D eigenvalue weighted by Gasteiger charge is -2.15. The predicted octanol–water partition coefficient (Wildman–Crippen LogP) is 1.41. The van der Waals surface area contributed by atoms with Crippen LogP contribution in [0.15, 0.2) is 31.0 Å². The van der Waals surface area contributed by atoms with Gasteiger partial charge in [-0.2, -0.15) is 0 Å². The third-order valence-electron chi connectivity index (χ3n) is 2.94. The standard InChI is InChI=1S/C13H14N2O3/c1-3-9-6-12(16)15(8-9)10-4-5-11(14-7-10)13(17)18-2/h3-5,7,9H,1,6,8H2,2H3. The first kappa shape index (κ1) is 12.3. The molecule has 0 radical (unpaired) electrons. The van der Waals surface area contributed by atoms with Crippen molar-refractivity contribution in [2.24, 2.45) is 5.92 Å². The van der Waals surface area contributed by atoms with E-state index in [0.717, 1.165) is 0 Å². The third kappa shape index (κ3) is 2.25. The molecule has 2 rings (SSSR count). The van der Waals surface area contributed by atoms with Crippen LogP contribution < -0.4 is 4.90 Å². The highest BCUT2D eigenvalue weighted by atomic mass is 16.5. The first-order valence-corrected chi connectivity index (χ1v) is 5.63. The van der Waals surface area contributed by atoms with Crippen LogP contribution in [0.25, 0.3) is 0 Å². The molecule has 5 heteroatoms. The number of ether oxygens (including phenoxy) is 1. The Bertz CT molecular complexity index is 482. The number of anilines is 1. The summed E-state index contributed by atoms with van der Waals surface area (Å²) in [5, 5.41) is 0. The smallest absolute Gasteiger partial charge is 0.356 e. The highest BCUT2D eigenvalue weighted by Crippen LogP contribution is 2.24. The van der Waals surface area contributed by atoms with Crippen LogP contribution in [0.4, 0.5) is 5.69 Å². The first-order chi connectivity index (χ1) is 8.65. The van der Waals surface area contributed by atoms with Crippen LogP contribution in [-0.4, -0.2) is 30.5 Å². The molecule has 1 aliphatic heterocycles. The Morgan fingerprint density at radius 2 is 2.39 bits per heavy atom. The Balaban J connectivity index is 2.17. The maximum absolute atomic E-state index is 11.8. The maximum atomic E-state index is 11.8. The number of methoxy groups -OCH3 is 1. The van der Waals surface area contributed by atoms with Gasteiger partial charge in [0.2, 0.25) is 5.91 Å². The topological polar surface area (TPSA) is 59.5 Å². The lowest BCUT2D eigenvalue weighted by molar-refractivity contribution is -0.117. The van der Waals surface area contributed by atoms with Crippen LogP contribution >= 0.6 is 0 Å². The van der Waals surface area contributed by atoms with Crippen LogP contribution in [0.3, 0.4) is 0 Å². The highest BCUT2D eigenvalue weighted by molar-refractivity contribution is 5.96. The summed E-state index contributed by atoms with van der Waals surface area (Å²) in [6.07, 6.45) is 3.77. The van der Waals surface area contributed by atoms with E-state index in [4.69, 9.17) is 0 Å². The van der Waals surface area contributed by atoms with Gasteiger partial charge >= 0.3 is 5.97 Å². The molecule has 94 valence electrons. The van der Waals surface area contributed by atoms with Crippen molar-refractivity contribution < 1.29 is 14.3 Å². The Morgan fingerprint density at radius 1 is 1.61 bits per heavy atom. The minimum absolute atomic E-state index is 0.0486. The summed E-state index contributed by atoms with van der Waals surface area (Å²) in [6, 6.07) is 3.25. The van der Waals surface area contributed by atoms with E-state index in [0.29, 0.717) is 18.7 Å². The molecule has 0 saturated carbocycles. The molecular formula is C13H14N2O3. The van der Waals surface area contributed by atoms with Crippen molar-refractivity contribution >= 4 is 17.6 Å². The average molecular weight is 246 g/mol. The molecule has 0 N–H and O–H groups in total. The van der Waals surface area contributed by atoms with Gasteiger partial charge in [-0.05, 0) is 12.1 Å². The van der Waals surface area contributed by atoms with Gasteiger partial charge in [0.15, 0.2) is 0 Å². The summed E-state index contributed by atoms with van der Waals surface area (Å²) in [6.45, 7) is 4.31. The number of hydrogen-bond acceptors (Lipinski definition) is 4. The number of carbonyl (C=O) groups excluding carboxylic acids is 2. The molecule has 0 bridgehead atoms. The number of esters is 1. The summed E-state index contributed by atoms with van der Waals surface area (Å²) < 4.78 is 4.56. The van der Waals surface area contributed by atoms with Crippen LogP contribution in [0.1, 0.15) is 16.9 Å². The van der Waals surface area contributed by atoms with Crippen LogP contribution in [0, 0.1) is 5.92 Å². The Morgan fingerprint density at radius 3 is 2.89 bits per heavy atom. The summed E-state index contributed by atoms with van der Waals surface area (Å²) in [5.74, 6) is -0.261. The minimum Gasteiger partial charge on any atom is -0.464 e. The van der Waals surface area contributed by atoms with E-state index in [1.165, 1.54) is 13.3 Å². The van der Waals surface area contributed by atoms with Crippen LogP contribution in [0.5, 0.6) is 0 Å². The third-order valence-corrected chi connectivity index (χ3v) is 2.94. The van der Waals surface area contributed by atoms with Crippen molar-refractivity contribution in [3.05, 3.63) is 36.7 Å². The normalized spacial score (nSPS) is 18.8. The molecular weight excluding hydrogens is 232 g/mol. The fraction of sp³-hybridized carbons (Fsp3) is 0.308. The van der Waals surface area contributed by atoms with E-state index < -0.39 is 5.97 Å². The summed E-state index contributed by atoms with van der Waals surface area (Å²) in [5.41, 5.74) is 0.921. The quantitative estimate of drug-likeness (QED) is 0.597. The highest BCUT2D eigenvalue weighted by Gasteiger charge is 2.28. The number of carbonyl (C=O) groups is 2. The molecule has 0 aromatic carbocycles. The molecule has 1 unspecified atom stereocenters. The van der Waals surface area contributed by atoms with E-state index in [9.17, 15) is 9.59 Å². The van der Waals surface area contributed by atoms with Gasteiger partial charge in [0.1, 0.15) is 5.69 Å². The Kier molecular flexibility index (Phi) is 3.41. The maximum Gasteiger partial charge on any atom is 0.356 e. The zero-order chi connectivity index (χ0) is 13.1. The van der Waals surface area contributed by atoms with Crippen molar-refractivity contribution in [2.75, 3.05) is 18.6 Å². The van der Waals surface area contributed by atoms with E-state index in [-0.39, 0.29) is 17.5 Å². The lowest BCUT2D eigenvalue weighted by Crippen LogP contribution is -2.24. The largest absolute Gasteiger partial charge is 0.464 e. The van der Waals surface area contributed by atoms with Crippen molar-refractivity contribution in [2.45, 2.75) is 6.42 Å². The van der Waals surface area contributed by atoms with Gasteiger partial charge in [-0.1, -0.05) is 6.08 Å². The monoisotopic (exact) mass is 246 g/mol. The molecule has 2 heterocycles. The predicted molar refractivity (Wildman–Crippen MR) is 66.2 cm³/mol. The van der Waals surface area contributed by atoms with Gasteiger partial charge in [0, 0.05) is 18.9 Å². The molecule has 5 nitrogen and oxygen atoms in total. The number of nitrogens with zero attached hydrogens (tertiary/aromatic N) is 2. The molecule has 1 fully saturated rings. The Labute approximate surface area is 105 Å². The van der Waals surface area contributed by atoms with E-state index >= 15 is 0 Å². The summed E-state index contributed by atoms with van der Waals surface area (Å²) in [4.78, 5) is 28.6. The van der Waals surface area contributed by atoms with Crippen molar-refractivity contribution in [1.82, 2.24) is 4.98 Å². The van der Waals surface area contributed by atoms with Crippen LogP contribution in [-0.2, 0) is 9.53 Å². The second-order valence-electron chi connectivity index (χ2n) is 4.10. The number of hydrogen-bond donors (Lipinski definition) is 0. The molecule has 1 amide bonds. The van der Waals surface area contributed by atoms with Crippen LogP contribution in [0.2, 0.25) is 0 Å². The second-order valence-corrected chi connectivity index (χ2v) is 4.10. The minimum atomic E-state index is -0.488. The molecule has 1 saturated heterocycles. The molecule has 18 heavy (non-hydrogen) atoms. The van der Waals surface area contributed by atoms with Gasteiger partial charge in [0.25, 0.3) is 0 Å². The summed E-state index contributed by atoms with van der Waals surface area (Å²) in [7, 11) is 1.30. The van der Waals surface area contributed by atoms with E-state index in [1.807, 2.05) is 0 Å². The van der Waals surface area contributed by atoms with Gasteiger partial charge in [-0.3, -0.25) is 4.79 Å². The first-order valence-electron chi connectivity index (χ1n) is 5.63. The molecule has 1 aliphatic rings. The van der Waals surface area contributed by atoms with Gasteiger partial charge in [-0.25, -0.2) is 9.78 Å². The van der Waals surface area contributed by atoms with Gasteiger partial charge in [-0.15, -0.1) is 6.58 Å². The Hall–Kier alpha value is -2.17. The number of rotatable bonds is 3. The molecule has 1 aromatic rings. The number of aromatic nitrogens is 1. The van der Waals surface area contributed by atoms with Gasteiger partial charge in [0.05, 0.1) is 19.0 Å². The number of pyridine rings is 1. The van der Waals surface area contributed by atoms with E-state index in [2.05, 4.69) is 16.3 Å². The molecule has 1 atom stereocenters.